The predicted molar refractivity (Wildman–Crippen MR) is 102 cm³/mol. The highest BCUT2D eigenvalue weighted by molar-refractivity contribution is 6.20. The largest absolute Gasteiger partial charge is 0.487 e. The Labute approximate surface area is 152 Å². The Kier molecular flexibility index (Phi) is 3.55. The molecule has 3 aromatic carbocycles. The molecule has 0 atom stereocenters. The first kappa shape index (κ1) is 16.1. The van der Waals surface area contributed by atoms with Gasteiger partial charge in [0, 0.05) is 39.7 Å². The lowest BCUT2D eigenvalue weighted by atomic mass is 10.1. The molecule has 0 aliphatic rings. The van der Waals surface area contributed by atoms with Crippen molar-refractivity contribution in [1.29, 1.82) is 0 Å². The number of rotatable bonds is 4. The molecule has 5 aromatic rings. The van der Waals surface area contributed by atoms with E-state index in [-0.39, 0.29) is 11.6 Å². The zero-order valence-electron chi connectivity index (χ0n) is 14.5. The van der Waals surface area contributed by atoms with E-state index in [0.717, 1.165) is 43.6 Å². The van der Waals surface area contributed by atoms with Crippen molar-refractivity contribution in [2.75, 3.05) is 20.3 Å². The van der Waals surface area contributed by atoms with Crippen LogP contribution in [0.15, 0.2) is 42.5 Å². The average Bonchev–Trinajstić information content (AvgIpc) is 3.19. The van der Waals surface area contributed by atoms with E-state index in [1.807, 2.05) is 6.07 Å². The summed E-state index contributed by atoms with van der Waals surface area (Å²) in [7, 11) is 1.61. The van der Waals surface area contributed by atoms with Crippen molar-refractivity contribution >= 4 is 43.6 Å². The molecular weight excluding hydrogens is 350 g/mol. The van der Waals surface area contributed by atoms with Gasteiger partial charge in [0.1, 0.15) is 18.2 Å². The van der Waals surface area contributed by atoms with E-state index in [1.165, 1.54) is 24.3 Å². The quantitative estimate of drug-likeness (QED) is 0.426. The summed E-state index contributed by atoms with van der Waals surface area (Å²) in [6, 6.07) is 11.2. The van der Waals surface area contributed by atoms with Crippen LogP contribution in [0.1, 0.15) is 0 Å². The summed E-state index contributed by atoms with van der Waals surface area (Å²) >= 11 is 0. The van der Waals surface area contributed by atoms with Gasteiger partial charge in [-0.05, 0) is 42.5 Å². The van der Waals surface area contributed by atoms with Gasteiger partial charge in [-0.3, -0.25) is 0 Å². The lowest BCUT2D eigenvalue weighted by Gasteiger charge is -2.08. The van der Waals surface area contributed by atoms with Crippen molar-refractivity contribution in [3.8, 4) is 5.75 Å². The normalized spacial score (nSPS) is 12.0. The van der Waals surface area contributed by atoms with Gasteiger partial charge in [0.25, 0.3) is 0 Å². The van der Waals surface area contributed by atoms with Crippen LogP contribution in [0.3, 0.4) is 0 Å². The van der Waals surface area contributed by atoms with Gasteiger partial charge in [-0.1, -0.05) is 0 Å². The van der Waals surface area contributed by atoms with E-state index in [1.54, 1.807) is 19.2 Å². The fourth-order valence-electron chi connectivity index (χ4n) is 3.67. The molecule has 0 aliphatic heterocycles. The Bertz CT molecular complexity index is 1230. The molecule has 0 spiro atoms. The van der Waals surface area contributed by atoms with E-state index >= 15 is 0 Å². The van der Waals surface area contributed by atoms with Gasteiger partial charge in [0.05, 0.1) is 17.6 Å². The van der Waals surface area contributed by atoms with E-state index in [0.29, 0.717) is 19.0 Å². The minimum absolute atomic E-state index is 0.310. The minimum atomic E-state index is -0.310. The zero-order valence-corrected chi connectivity index (χ0v) is 14.5. The maximum atomic E-state index is 13.8. The van der Waals surface area contributed by atoms with Gasteiger partial charge in [-0.15, -0.1) is 0 Å². The second-order valence-electron chi connectivity index (χ2n) is 6.52. The van der Waals surface area contributed by atoms with Crippen LogP contribution < -0.4 is 4.74 Å². The van der Waals surface area contributed by atoms with Crippen molar-refractivity contribution < 1.29 is 18.3 Å². The van der Waals surface area contributed by atoms with Crippen LogP contribution in [-0.2, 0) is 4.74 Å². The van der Waals surface area contributed by atoms with Gasteiger partial charge >= 0.3 is 0 Å². The number of hydrogen-bond donors (Lipinski definition) is 2. The first-order valence-electron chi connectivity index (χ1n) is 8.62. The molecule has 2 aromatic heterocycles. The average molecular weight is 366 g/mol. The van der Waals surface area contributed by atoms with Crippen molar-refractivity contribution in [2.45, 2.75) is 0 Å². The number of halogens is 2. The molecule has 136 valence electrons. The SMILES string of the molecule is COCCOc1c2[nH]c3ccc(F)cc3c2cc2c1[nH]c1ccc(F)cc12. The summed E-state index contributed by atoms with van der Waals surface area (Å²) in [6.07, 6.45) is 0. The maximum Gasteiger partial charge on any atom is 0.167 e. The summed E-state index contributed by atoms with van der Waals surface area (Å²) in [4.78, 5) is 6.64. The van der Waals surface area contributed by atoms with Crippen molar-refractivity contribution in [1.82, 2.24) is 9.97 Å². The predicted octanol–water partition coefficient (Wildman–Crippen LogP) is 5.26. The van der Waals surface area contributed by atoms with Crippen molar-refractivity contribution in [2.24, 2.45) is 0 Å². The first-order chi connectivity index (χ1) is 13.2. The van der Waals surface area contributed by atoms with Crippen LogP contribution >= 0.6 is 0 Å². The summed E-state index contributed by atoms with van der Waals surface area (Å²) in [5, 5.41) is 3.17. The molecule has 0 fully saturated rings. The molecule has 0 aliphatic carbocycles. The van der Waals surface area contributed by atoms with Crippen LogP contribution in [0.25, 0.3) is 43.6 Å². The lowest BCUT2D eigenvalue weighted by molar-refractivity contribution is 0.148. The molecule has 27 heavy (non-hydrogen) atoms. The molecule has 4 nitrogen and oxygen atoms in total. The highest BCUT2D eigenvalue weighted by Gasteiger charge is 2.18. The van der Waals surface area contributed by atoms with Gasteiger partial charge in [-0.2, -0.15) is 0 Å². The van der Waals surface area contributed by atoms with Gasteiger partial charge in [-0.25, -0.2) is 8.78 Å². The summed E-state index contributed by atoms with van der Waals surface area (Å²) in [5.41, 5.74) is 3.16. The van der Waals surface area contributed by atoms with Gasteiger partial charge in [0.2, 0.25) is 0 Å². The number of aromatic nitrogens is 2. The number of aromatic amines is 2. The molecule has 0 amide bonds. The fraction of sp³-hybridized carbons (Fsp3) is 0.143. The molecule has 2 heterocycles. The molecule has 6 heteroatoms. The highest BCUT2D eigenvalue weighted by Crippen LogP contribution is 2.41. The fourth-order valence-corrected chi connectivity index (χ4v) is 3.67. The Hall–Kier alpha value is -3.12. The number of nitrogens with one attached hydrogen (secondary N) is 2. The molecule has 0 saturated carbocycles. The Balaban J connectivity index is 1.91. The Morgan fingerprint density at radius 1 is 0.741 bits per heavy atom. The van der Waals surface area contributed by atoms with Crippen LogP contribution in [0.4, 0.5) is 8.78 Å². The monoisotopic (exact) mass is 366 g/mol. The molecule has 0 saturated heterocycles. The number of benzene rings is 3. The van der Waals surface area contributed by atoms with E-state index in [2.05, 4.69) is 9.97 Å². The maximum absolute atomic E-state index is 13.8. The third kappa shape index (κ3) is 2.44. The van der Waals surface area contributed by atoms with E-state index < -0.39 is 0 Å². The van der Waals surface area contributed by atoms with E-state index in [9.17, 15) is 8.78 Å². The van der Waals surface area contributed by atoms with Gasteiger partial charge < -0.3 is 19.4 Å². The third-order valence-electron chi connectivity index (χ3n) is 4.88. The highest BCUT2D eigenvalue weighted by atomic mass is 19.1. The van der Waals surface area contributed by atoms with Crippen LogP contribution in [0.5, 0.6) is 5.75 Å². The number of H-pyrrole nitrogens is 2. The third-order valence-corrected chi connectivity index (χ3v) is 4.88. The summed E-state index contributed by atoms with van der Waals surface area (Å²) < 4.78 is 38.8. The molecule has 2 N–H and O–H groups in total. The minimum Gasteiger partial charge on any atom is -0.487 e. The first-order valence-corrected chi connectivity index (χ1v) is 8.62. The Morgan fingerprint density at radius 3 is 1.81 bits per heavy atom. The van der Waals surface area contributed by atoms with Crippen molar-refractivity contribution in [3.63, 3.8) is 0 Å². The zero-order chi connectivity index (χ0) is 18.5. The molecule has 0 unspecified atom stereocenters. The van der Waals surface area contributed by atoms with Crippen LogP contribution in [0.2, 0.25) is 0 Å². The van der Waals surface area contributed by atoms with Crippen LogP contribution in [-0.4, -0.2) is 30.3 Å². The number of hydrogen-bond acceptors (Lipinski definition) is 2. The standard InChI is InChI=1S/C21H16F2N2O2/c1-26-6-7-27-21-19-15(13-8-11(22)2-4-17(13)24-19)10-16-14-9-12(23)3-5-18(14)25-20(16)21/h2-5,8-10,24-25H,6-7H2,1H3. The number of ether oxygens (including phenoxy) is 2. The molecular formula is C21H16F2N2O2. The summed E-state index contributed by atoms with van der Waals surface area (Å²) in [5.74, 6) is -0.00148. The topological polar surface area (TPSA) is 50.0 Å². The lowest BCUT2D eigenvalue weighted by Crippen LogP contribution is -2.05. The summed E-state index contributed by atoms with van der Waals surface area (Å²) in [6.45, 7) is 0.791. The molecule has 5 rings (SSSR count). The number of methoxy groups -OCH3 is 1. The van der Waals surface area contributed by atoms with Crippen molar-refractivity contribution in [3.05, 3.63) is 54.1 Å². The van der Waals surface area contributed by atoms with Crippen LogP contribution in [0, 0.1) is 11.6 Å². The molecule has 0 radical (unpaired) electrons. The number of fused-ring (bicyclic) bond motifs is 6. The van der Waals surface area contributed by atoms with E-state index in [4.69, 9.17) is 9.47 Å². The molecule has 0 bridgehead atoms. The Morgan fingerprint density at radius 2 is 1.30 bits per heavy atom. The van der Waals surface area contributed by atoms with Gasteiger partial charge in [0.15, 0.2) is 5.75 Å². The smallest absolute Gasteiger partial charge is 0.167 e. The second-order valence-corrected chi connectivity index (χ2v) is 6.52. The second kappa shape index (κ2) is 5.96.